The van der Waals surface area contributed by atoms with E-state index < -0.39 is 64.1 Å². The van der Waals surface area contributed by atoms with Crippen molar-refractivity contribution in [2.45, 2.75) is 6.42 Å². The Kier molecular flexibility index (Phi) is 9.05. The summed E-state index contributed by atoms with van der Waals surface area (Å²) in [7, 11) is -15.3. The van der Waals surface area contributed by atoms with Gasteiger partial charge in [0.25, 0.3) is 40.5 Å². The van der Waals surface area contributed by atoms with Crippen LogP contribution in [0.4, 0.5) is 0 Å². The van der Waals surface area contributed by atoms with Crippen LogP contribution in [0.1, 0.15) is 6.42 Å². The van der Waals surface area contributed by atoms with Gasteiger partial charge >= 0.3 is 0 Å². The molecule has 0 spiro atoms. The first-order valence-electron chi connectivity index (χ1n) is 8.24. The van der Waals surface area contributed by atoms with E-state index in [1.807, 2.05) is 0 Å². The van der Waals surface area contributed by atoms with Gasteiger partial charge in [0.15, 0.2) is 0 Å². The first-order valence-corrected chi connectivity index (χ1v) is 15.5. The molecule has 0 aliphatic heterocycles. The molecule has 12 nitrogen and oxygen atoms in total. The van der Waals surface area contributed by atoms with Crippen molar-refractivity contribution >= 4 is 40.5 Å². The highest BCUT2D eigenvalue weighted by Crippen LogP contribution is 2.43. The lowest BCUT2D eigenvalue weighted by Gasteiger charge is -2.25. The first-order chi connectivity index (χ1) is 12.9. The van der Waals surface area contributed by atoms with E-state index in [4.69, 9.17) is 16.7 Å². The van der Waals surface area contributed by atoms with E-state index >= 15 is 0 Å². The van der Waals surface area contributed by atoms with Gasteiger partial charge in [0, 0.05) is 0 Å². The summed E-state index contributed by atoms with van der Waals surface area (Å²) in [4.78, 5) is 0. The van der Waals surface area contributed by atoms with Crippen LogP contribution in [0.25, 0.3) is 0 Å². The predicted octanol–water partition coefficient (Wildman–Crippen LogP) is -1.24. The van der Waals surface area contributed by atoms with Gasteiger partial charge in [-0.15, -0.1) is 0 Å². The summed E-state index contributed by atoms with van der Waals surface area (Å²) < 4.78 is 110. The molecule has 29 heavy (non-hydrogen) atoms. The van der Waals surface area contributed by atoms with Gasteiger partial charge in [-0.25, -0.2) is 0 Å². The molecule has 0 saturated heterocycles. The van der Waals surface area contributed by atoms with E-state index in [2.05, 4.69) is 0 Å². The molecule has 0 aromatic carbocycles. The summed E-state index contributed by atoms with van der Waals surface area (Å²) in [6, 6.07) is 0. The Bertz CT molecular complexity index is 885. The number of rotatable bonds is 12. The van der Waals surface area contributed by atoms with Gasteiger partial charge in [-0.05, 0) is 30.1 Å². The van der Waals surface area contributed by atoms with Crippen LogP contribution in [0.3, 0.4) is 0 Å². The summed E-state index contributed by atoms with van der Waals surface area (Å²) >= 11 is 0. The third kappa shape index (κ3) is 11.6. The fourth-order valence-corrected chi connectivity index (χ4v) is 4.82. The number of hydrogen-bond acceptors (Lipinski definition) is 12. The molecule has 1 saturated carbocycles. The van der Waals surface area contributed by atoms with E-state index in [0.29, 0.717) is 0 Å². The van der Waals surface area contributed by atoms with Crippen LogP contribution in [0.15, 0.2) is 0 Å². The lowest BCUT2D eigenvalue weighted by molar-refractivity contribution is 0.102. The highest BCUT2D eigenvalue weighted by molar-refractivity contribution is 7.86. The summed E-state index contributed by atoms with van der Waals surface area (Å²) in [5, 5.41) is 0. The highest BCUT2D eigenvalue weighted by Gasteiger charge is 2.45. The van der Waals surface area contributed by atoms with Crippen LogP contribution < -0.4 is 0 Å². The van der Waals surface area contributed by atoms with E-state index in [1.54, 1.807) is 0 Å². The molecule has 0 bridgehead atoms. The SMILES string of the molecule is CS(=O)(=O)OCC1CC(COS(C)(=O)=O)C(COS(C)(=O)=O)C1COS(C)(=O)=O. The van der Waals surface area contributed by atoms with E-state index in [-0.39, 0.29) is 32.8 Å². The van der Waals surface area contributed by atoms with Crippen molar-refractivity contribution in [3.63, 3.8) is 0 Å². The smallest absolute Gasteiger partial charge is 0.264 e. The molecule has 0 radical (unpaired) electrons. The lowest BCUT2D eigenvalue weighted by Crippen LogP contribution is -2.31. The molecule has 1 aliphatic carbocycles. The van der Waals surface area contributed by atoms with E-state index in [9.17, 15) is 33.7 Å². The van der Waals surface area contributed by atoms with Crippen LogP contribution in [0.2, 0.25) is 0 Å². The second-order valence-electron chi connectivity index (χ2n) is 7.04. The Morgan fingerprint density at radius 3 is 1.00 bits per heavy atom. The van der Waals surface area contributed by atoms with Gasteiger partial charge in [-0.2, -0.15) is 33.7 Å². The first kappa shape index (κ1) is 26.7. The summed E-state index contributed by atoms with van der Waals surface area (Å²) in [5.74, 6) is -2.54. The van der Waals surface area contributed by atoms with Gasteiger partial charge in [0.05, 0.1) is 51.5 Å². The zero-order valence-electron chi connectivity index (χ0n) is 16.4. The Balaban J connectivity index is 3.13. The largest absolute Gasteiger partial charge is 0.270 e. The molecule has 0 aromatic heterocycles. The van der Waals surface area contributed by atoms with Gasteiger partial charge in [-0.1, -0.05) is 0 Å². The quantitative estimate of drug-likeness (QED) is 0.291. The third-order valence-corrected chi connectivity index (χ3v) is 6.56. The molecular weight excluding hydrogens is 476 g/mol. The molecule has 1 rings (SSSR count). The molecule has 174 valence electrons. The molecule has 1 fully saturated rings. The van der Waals surface area contributed by atoms with Crippen molar-refractivity contribution in [2.24, 2.45) is 23.7 Å². The summed E-state index contributed by atoms with van der Waals surface area (Å²) in [5.41, 5.74) is 0. The molecule has 16 heteroatoms. The summed E-state index contributed by atoms with van der Waals surface area (Å²) in [6.45, 7) is -1.41. The molecular formula is C13H26O12S4. The maximum absolute atomic E-state index is 11.4. The van der Waals surface area contributed by atoms with Gasteiger partial charge in [-0.3, -0.25) is 16.7 Å². The fourth-order valence-electron chi connectivity index (χ4n) is 3.17. The minimum absolute atomic E-state index is 0.181. The second kappa shape index (κ2) is 9.84. The average Bonchev–Trinajstić information content (AvgIpc) is 2.81. The maximum atomic E-state index is 11.4. The van der Waals surface area contributed by atoms with Gasteiger partial charge in [0.2, 0.25) is 0 Å². The minimum atomic E-state index is -3.84. The highest BCUT2D eigenvalue weighted by atomic mass is 32.2. The van der Waals surface area contributed by atoms with Crippen molar-refractivity contribution in [3.8, 4) is 0 Å². The minimum Gasteiger partial charge on any atom is -0.270 e. The monoisotopic (exact) mass is 502 g/mol. The van der Waals surface area contributed by atoms with E-state index in [1.165, 1.54) is 0 Å². The van der Waals surface area contributed by atoms with Gasteiger partial charge < -0.3 is 0 Å². The zero-order chi connectivity index (χ0) is 22.7. The molecule has 1 aliphatic rings. The standard InChI is InChI=1S/C13H26O12S4/c1-26(14,15)22-6-10-5-11(7-23-27(2,16)17)13(9-25-29(4,20)21)12(10)8-24-28(3,18)19/h10-13H,5-9H2,1-4H3. The van der Waals surface area contributed by atoms with Crippen LogP contribution in [0.5, 0.6) is 0 Å². The third-order valence-electron chi connectivity index (χ3n) is 4.31. The maximum Gasteiger partial charge on any atom is 0.264 e. The van der Waals surface area contributed by atoms with Crippen LogP contribution in [0, 0.1) is 23.7 Å². The topological polar surface area (TPSA) is 173 Å². The van der Waals surface area contributed by atoms with Gasteiger partial charge in [0.1, 0.15) is 0 Å². The Morgan fingerprint density at radius 1 is 0.517 bits per heavy atom. The molecule has 0 aromatic rings. The second-order valence-corrected chi connectivity index (χ2v) is 13.6. The molecule has 4 unspecified atom stereocenters. The van der Waals surface area contributed by atoms with Crippen LogP contribution in [-0.4, -0.2) is 85.1 Å². The van der Waals surface area contributed by atoms with Crippen molar-refractivity contribution in [3.05, 3.63) is 0 Å². The molecule has 0 N–H and O–H groups in total. The zero-order valence-corrected chi connectivity index (χ0v) is 19.6. The van der Waals surface area contributed by atoms with E-state index in [0.717, 1.165) is 25.0 Å². The Hall–Kier alpha value is -0.360. The lowest BCUT2D eigenvalue weighted by atomic mass is 9.88. The van der Waals surface area contributed by atoms with Crippen LogP contribution >= 0.6 is 0 Å². The van der Waals surface area contributed by atoms with Crippen LogP contribution in [-0.2, 0) is 57.2 Å². The summed E-state index contributed by atoms with van der Waals surface area (Å²) in [6.07, 6.45) is 3.53. The Morgan fingerprint density at radius 2 is 0.759 bits per heavy atom. The van der Waals surface area contributed by atoms with Crippen molar-refractivity contribution in [1.29, 1.82) is 0 Å². The molecule has 4 atom stereocenters. The molecule has 0 heterocycles. The van der Waals surface area contributed by atoms with Crippen molar-refractivity contribution in [1.82, 2.24) is 0 Å². The van der Waals surface area contributed by atoms with Crippen molar-refractivity contribution in [2.75, 3.05) is 51.5 Å². The molecule has 0 amide bonds. The predicted molar refractivity (Wildman–Crippen MR) is 102 cm³/mol. The number of hydrogen-bond donors (Lipinski definition) is 0. The Labute approximate surface area is 172 Å². The fraction of sp³-hybridized carbons (Fsp3) is 1.00. The van der Waals surface area contributed by atoms with Crippen molar-refractivity contribution < 1.29 is 50.4 Å². The normalized spacial score (nSPS) is 26.6. The average molecular weight is 503 g/mol.